The predicted molar refractivity (Wildman–Crippen MR) is 88.9 cm³/mol. The number of fused-ring (bicyclic) bond motifs is 1. The number of halogens is 2. The van der Waals surface area contributed by atoms with Gasteiger partial charge in [-0.25, -0.2) is 0 Å². The van der Waals surface area contributed by atoms with Crippen LogP contribution in [0.25, 0.3) is 0 Å². The van der Waals surface area contributed by atoms with E-state index >= 15 is 0 Å². The highest BCUT2D eigenvalue weighted by Gasteiger charge is 2.43. The summed E-state index contributed by atoms with van der Waals surface area (Å²) < 4.78 is 39.1. The van der Waals surface area contributed by atoms with Gasteiger partial charge in [-0.15, -0.1) is 20.1 Å². The van der Waals surface area contributed by atoms with E-state index in [4.69, 9.17) is 4.74 Å². The summed E-state index contributed by atoms with van der Waals surface area (Å²) in [5.41, 5.74) is 0.155. The second kappa shape index (κ2) is 7.58. The first-order chi connectivity index (χ1) is 12.8. The molecule has 3 rings (SSSR count). The second-order valence-electron chi connectivity index (χ2n) is 5.20. The number of carbonyl (C=O) groups is 3. The molecule has 2 aromatic rings. The fraction of sp³-hybridized carbons (Fsp3) is 0.188. The average Bonchev–Trinajstić information content (AvgIpc) is 3.23. The Bertz CT molecular complexity index is 872. The van der Waals surface area contributed by atoms with Gasteiger partial charge < -0.3 is 24.8 Å². The van der Waals surface area contributed by atoms with E-state index in [-0.39, 0.29) is 17.2 Å². The first-order valence-corrected chi connectivity index (χ1v) is 8.37. The molecule has 0 aliphatic carbocycles. The van der Waals surface area contributed by atoms with E-state index in [0.29, 0.717) is 4.88 Å². The van der Waals surface area contributed by atoms with Crippen LogP contribution in [-0.4, -0.2) is 37.2 Å². The molecule has 1 aromatic heterocycles. The van der Waals surface area contributed by atoms with Gasteiger partial charge in [0.2, 0.25) is 0 Å². The molecule has 0 bridgehead atoms. The molecule has 0 fully saturated rings. The van der Waals surface area contributed by atoms with E-state index in [2.05, 4.69) is 20.1 Å². The normalized spacial score (nSPS) is 13.7. The lowest BCUT2D eigenvalue weighted by molar-refractivity contribution is -0.286. The number of nitrogens with one attached hydrogen (secondary N) is 2. The summed E-state index contributed by atoms with van der Waals surface area (Å²) in [6.07, 6.45) is -3.76. The van der Waals surface area contributed by atoms with E-state index in [1.54, 1.807) is 17.5 Å². The largest absolute Gasteiger partial charge is 0.586 e. The molecule has 1 aliphatic rings. The maximum Gasteiger partial charge on any atom is 0.586 e. The Labute approximate surface area is 155 Å². The van der Waals surface area contributed by atoms with Crippen LogP contribution in [-0.2, 0) is 14.3 Å². The standard InChI is InChI=1S/C16H12F2N2O6S/c17-16(18)25-10-4-3-9(6-11(10)26-16)20-13(21)8-24-14(22)7-19-15(23)12-2-1-5-27-12/h1-6H,7-8H2,(H,19,23)(H,20,21). The van der Waals surface area contributed by atoms with Crippen molar-refractivity contribution in [2.75, 3.05) is 18.5 Å². The van der Waals surface area contributed by atoms with Crippen molar-refractivity contribution in [3.05, 3.63) is 40.6 Å². The molecule has 1 aromatic carbocycles. The summed E-state index contributed by atoms with van der Waals surface area (Å²) in [6.45, 7) is -1.01. The summed E-state index contributed by atoms with van der Waals surface area (Å²) >= 11 is 1.22. The van der Waals surface area contributed by atoms with E-state index < -0.39 is 37.2 Å². The molecule has 0 spiro atoms. The van der Waals surface area contributed by atoms with Crippen LogP contribution >= 0.6 is 11.3 Å². The summed E-state index contributed by atoms with van der Waals surface area (Å²) in [5.74, 6) is -2.32. The summed E-state index contributed by atoms with van der Waals surface area (Å²) in [6, 6.07) is 6.97. The van der Waals surface area contributed by atoms with Crippen molar-refractivity contribution in [1.29, 1.82) is 0 Å². The van der Waals surface area contributed by atoms with Crippen molar-refractivity contribution >= 4 is 34.8 Å². The zero-order valence-corrected chi connectivity index (χ0v) is 14.3. The van der Waals surface area contributed by atoms with Gasteiger partial charge in [0.15, 0.2) is 18.1 Å². The van der Waals surface area contributed by atoms with Crippen molar-refractivity contribution in [1.82, 2.24) is 5.32 Å². The molecule has 1 aliphatic heterocycles. The van der Waals surface area contributed by atoms with E-state index in [9.17, 15) is 23.2 Å². The minimum absolute atomic E-state index is 0.155. The van der Waals surface area contributed by atoms with E-state index in [0.717, 1.165) is 6.07 Å². The summed E-state index contributed by atoms with van der Waals surface area (Å²) in [4.78, 5) is 35.4. The highest BCUT2D eigenvalue weighted by Crippen LogP contribution is 2.42. The Kier molecular flexibility index (Phi) is 5.21. The number of carbonyl (C=O) groups excluding carboxylic acids is 3. The van der Waals surface area contributed by atoms with Crippen LogP contribution < -0.4 is 20.1 Å². The lowest BCUT2D eigenvalue weighted by Crippen LogP contribution is -2.31. The SMILES string of the molecule is O=C(COC(=O)CNC(=O)c1cccs1)Nc1ccc2c(c1)OC(F)(F)O2. The minimum atomic E-state index is -3.76. The highest BCUT2D eigenvalue weighted by molar-refractivity contribution is 7.12. The molecular weight excluding hydrogens is 386 g/mol. The van der Waals surface area contributed by atoms with Gasteiger partial charge in [-0.05, 0) is 23.6 Å². The van der Waals surface area contributed by atoms with Crippen LogP contribution in [0, 0.1) is 0 Å². The Morgan fingerprint density at radius 2 is 1.93 bits per heavy atom. The van der Waals surface area contributed by atoms with Gasteiger partial charge in [0, 0.05) is 11.8 Å². The third kappa shape index (κ3) is 4.91. The van der Waals surface area contributed by atoms with Crippen LogP contribution in [0.4, 0.5) is 14.5 Å². The molecule has 0 radical (unpaired) electrons. The number of thiophene rings is 1. The molecule has 27 heavy (non-hydrogen) atoms. The number of hydrogen-bond donors (Lipinski definition) is 2. The van der Waals surface area contributed by atoms with Crippen molar-refractivity contribution < 1.29 is 37.4 Å². The Morgan fingerprint density at radius 1 is 1.15 bits per heavy atom. The minimum Gasteiger partial charge on any atom is -0.454 e. The number of amides is 2. The number of alkyl halides is 2. The quantitative estimate of drug-likeness (QED) is 0.722. The van der Waals surface area contributed by atoms with Gasteiger partial charge in [-0.1, -0.05) is 6.07 Å². The zero-order valence-electron chi connectivity index (χ0n) is 13.5. The lowest BCUT2D eigenvalue weighted by atomic mass is 10.3. The number of hydrogen-bond acceptors (Lipinski definition) is 7. The van der Waals surface area contributed by atoms with Gasteiger partial charge in [-0.3, -0.25) is 14.4 Å². The zero-order chi connectivity index (χ0) is 19.4. The Balaban J connectivity index is 1.42. The fourth-order valence-electron chi connectivity index (χ4n) is 2.07. The summed E-state index contributed by atoms with van der Waals surface area (Å²) in [7, 11) is 0. The van der Waals surface area contributed by atoms with Gasteiger partial charge in [0.25, 0.3) is 11.8 Å². The van der Waals surface area contributed by atoms with Crippen molar-refractivity contribution in [3.8, 4) is 11.5 Å². The van der Waals surface area contributed by atoms with Gasteiger partial charge in [-0.2, -0.15) is 0 Å². The third-order valence-electron chi connectivity index (χ3n) is 3.19. The Morgan fingerprint density at radius 3 is 2.67 bits per heavy atom. The lowest BCUT2D eigenvalue weighted by Gasteiger charge is -2.07. The predicted octanol–water partition coefficient (Wildman–Crippen LogP) is 1.98. The molecule has 2 N–H and O–H groups in total. The van der Waals surface area contributed by atoms with Gasteiger partial charge in [0.1, 0.15) is 6.54 Å². The Hall–Kier alpha value is -3.21. The van der Waals surface area contributed by atoms with Gasteiger partial charge in [0.05, 0.1) is 4.88 Å². The molecule has 142 valence electrons. The number of rotatable bonds is 6. The number of benzene rings is 1. The van der Waals surface area contributed by atoms with Crippen molar-refractivity contribution in [2.45, 2.75) is 6.29 Å². The first kappa shape index (κ1) is 18.6. The smallest absolute Gasteiger partial charge is 0.454 e. The fourth-order valence-corrected chi connectivity index (χ4v) is 2.71. The topological polar surface area (TPSA) is 103 Å². The second-order valence-corrected chi connectivity index (χ2v) is 6.15. The summed E-state index contributed by atoms with van der Waals surface area (Å²) in [5, 5.41) is 6.43. The van der Waals surface area contributed by atoms with E-state index in [1.165, 1.54) is 23.5 Å². The molecular formula is C16H12F2N2O6S. The average molecular weight is 398 g/mol. The van der Waals surface area contributed by atoms with Gasteiger partial charge >= 0.3 is 12.3 Å². The highest BCUT2D eigenvalue weighted by atomic mass is 32.1. The maximum atomic E-state index is 12.9. The molecule has 0 unspecified atom stereocenters. The van der Waals surface area contributed by atoms with Crippen LogP contribution in [0.1, 0.15) is 9.67 Å². The molecule has 0 saturated carbocycles. The monoisotopic (exact) mass is 398 g/mol. The van der Waals surface area contributed by atoms with Crippen LogP contribution in [0.5, 0.6) is 11.5 Å². The maximum absolute atomic E-state index is 12.9. The van der Waals surface area contributed by atoms with E-state index in [1.807, 2.05) is 0 Å². The number of esters is 1. The molecule has 11 heteroatoms. The first-order valence-electron chi connectivity index (χ1n) is 7.49. The third-order valence-corrected chi connectivity index (χ3v) is 4.06. The number of ether oxygens (including phenoxy) is 3. The van der Waals surface area contributed by atoms with Crippen LogP contribution in [0.2, 0.25) is 0 Å². The molecule has 0 saturated heterocycles. The van der Waals surface area contributed by atoms with Crippen molar-refractivity contribution in [3.63, 3.8) is 0 Å². The van der Waals surface area contributed by atoms with Crippen LogP contribution in [0.3, 0.4) is 0 Å². The molecule has 2 heterocycles. The molecule has 8 nitrogen and oxygen atoms in total. The molecule has 0 atom stereocenters. The number of anilines is 1. The van der Waals surface area contributed by atoms with Crippen LogP contribution in [0.15, 0.2) is 35.7 Å². The van der Waals surface area contributed by atoms with Crippen molar-refractivity contribution in [2.24, 2.45) is 0 Å². The molecule has 2 amide bonds.